The lowest BCUT2D eigenvalue weighted by molar-refractivity contribution is 0.122. The monoisotopic (exact) mass is 295 g/mol. The maximum atomic E-state index is 5.92. The molecule has 1 fully saturated rings. The number of nitrogens with zero attached hydrogens (tertiary/aromatic N) is 2. The van der Waals surface area contributed by atoms with E-state index in [2.05, 4.69) is 46.2 Å². The highest BCUT2D eigenvalue weighted by molar-refractivity contribution is 5.72. The van der Waals surface area contributed by atoms with Crippen LogP contribution in [0, 0.1) is 0 Å². The molecule has 0 amide bonds. The topological polar surface area (TPSA) is 41.7 Å². The number of fused-ring (bicyclic) bond motifs is 1. The molecule has 0 atom stereocenters. The number of para-hydroxylation sites is 2. The van der Waals surface area contributed by atoms with Gasteiger partial charge in [-0.2, -0.15) is 0 Å². The quantitative estimate of drug-likeness (QED) is 0.865. The van der Waals surface area contributed by atoms with Crippen molar-refractivity contribution in [2.45, 2.75) is 13.1 Å². The second-order valence-electron chi connectivity index (χ2n) is 5.97. The second kappa shape index (κ2) is 5.54. The van der Waals surface area contributed by atoms with Crippen molar-refractivity contribution >= 4 is 17.1 Å². The Balaban J connectivity index is 1.64. The van der Waals surface area contributed by atoms with Gasteiger partial charge in [0.25, 0.3) is 0 Å². The van der Waals surface area contributed by atoms with E-state index in [-0.39, 0.29) is 0 Å². The van der Waals surface area contributed by atoms with Gasteiger partial charge in [0.05, 0.1) is 24.6 Å². The van der Waals surface area contributed by atoms with E-state index in [1.165, 1.54) is 22.5 Å². The van der Waals surface area contributed by atoms with Gasteiger partial charge in [-0.1, -0.05) is 18.2 Å². The third-order valence-corrected chi connectivity index (χ3v) is 4.53. The van der Waals surface area contributed by atoms with Crippen molar-refractivity contribution in [1.29, 1.82) is 0 Å². The molecule has 0 spiro atoms. The van der Waals surface area contributed by atoms with Gasteiger partial charge in [0, 0.05) is 31.9 Å². The lowest BCUT2D eigenvalue weighted by atomic mass is 10.1. The first kappa shape index (κ1) is 13.5. The number of nitrogens with two attached hydrogens (primary N) is 1. The van der Waals surface area contributed by atoms with Gasteiger partial charge in [0.1, 0.15) is 0 Å². The maximum Gasteiger partial charge on any atom is 0.0642 e. The highest BCUT2D eigenvalue weighted by Crippen LogP contribution is 2.36. The summed E-state index contributed by atoms with van der Waals surface area (Å²) in [6, 6.07) is 14.9. The van der Waals surface area contributed by atoms with Crippen molar-refractivity contribution < 1.29 is 4.74 Å². The zero-order valence-electron chi connectivity index (χ0n) is 12.7. The summed E-state index contributed by atoms with van der Waals surface area (Å²) in [6.45, 7) is 5.43. The van der Waals surface area contributed by atoms with Crippen molar-refractivity contribution in [3.8, 4) is 0 Å². The van der Waals surface area contributed by atoms with Gasteiger partial charge in [0.15, 0.2) is 0 Å². The molecule has 2 N–H and O–H groups in total. The normalized spacial score (nSPS) is 17.6. The van der Waals surface area contributed by atoms with Crippen LogP contribution in [0.4, 0.5) is 17.1 Å². The Morgan fingerprint density at radius 2 is 1.50 bits per heavy atom. The van der Waals surface area contributed by atoms with Crippen LogP contribution in [0.2, 0.25) is 0 Å². The standard InChI is InChI=1S/C18H21N3O/c19-16-6-5-14-12-21(13-15(14)11-16)18-4-2-1-3-17(18)20-7-9-22-10-8-20/h1-6,11H,7-10,12-13,19H2. The first-order chi connectivity index (χ1) is 10.8. The molecule has 2 aliphatic heterocycles. The van der Waals surface area contributed by atoms with Crippen LogP contribution in [0.1, 0.15) is 11.1 Å². The molecule has 22 heavy (non-hydrogen) atoms. The van der Waals surface area contributed by atoms with Crippen molar-refractivity contribution in [1.82, 2.24) is 0 Å². The highest BCUT2D eigenvalue weighted by atomic mass is 16.5. The smallest absolute Gasteiger partial charge is 0.0642 e. The van der Waals surface area contributed by atoms with Crippen LogP contribution in [-0.4, -0.2) is 26.3 Å². The molecule has 1 saturated heterocycles. The van der Waals surface area contributed by atoms with Crippen LogP contribution in [0.25, 0.3) is 0 Å². The largest absolute Gasteiger partial charge is 0.399 e. The number of ether oxygens (including phenoxy) is 1. The zero-order valence-corrected chi connectivity index (χ0v) is 12.7. The van der Waals surface area contributed by atoms with Crippen LogP contribution in [0.5, 0.6) is 0 Å². The van der Waals surface area contributed by atoms with Crippen LogP contribution in [0.15, 0.2) is 42.5 Å². The minimum absolute atomic E-state index is 0.811. The predicted molar refractivity (Wildman–Crippen MR) is 90.2 cm³/mol. The Hall–Kier alpha value is -2.20. The highest BCUT2D eigenvalue weighted by Gasteiger charge is 2.23. The first-order valence-corrected chi connectivity index (χ1v) is 7.85. The molecule has 2 heterocycles. The summed E-state index contributed by atoms with van der Waals surface area (Å²) < 4.78 is 5.48. The van der Waals surface area contributed by atoms with E-state index in [1.807, 2.05) is 6.07 Å². The molecule has 114 valence electrons. The number of rotatable bonds is 2. The average molecular weight is 295 g/mol. The molecular formula is C18H21N3O. The first-order valence-electron chi connectivity index (χ1n) is 7.85. The van der Waals surface area contributed by atoms with Crippen molar-refractivity contribution in [2.75, 3.05) is 41.8 Å². The minimum Gasteiger partial charge on any atom is -0.399 e. The summed E-state index contributed by atoms with van der Waals surface area (Å²) >= 11 is 0. The summed E-state index contributed by atoms with van der Waals surface area (Å²) in [5.41, 5.74) is 12.1. The Labute approximate surface area is 131 Å². The number of benzene rings is 2. The van der Waals surface area contributed by atoms with Crippen LogP contribution >= 0.6 is 0 Å². The molecule has 0 saturated carbocycles. The minimum atomic E-state index is 0.811. The summed E-state index contributed by atoms with van der Waals surface area (Å²) in [5, 5.41) is 0. The fourth-order valence-corrected chi connectivity index (χ4v) is 3.39. The fraction of sp³-hybridized carbons (Fsp3) is 0.333. The second-order valence-corrected chi connectivity index (χ2v) is 5.97. The molecule has 4 rings (SSSR count). The fourth-order valence-electron chi connectivity index (χ4n) is 3.39. The lowest BCUT2D eigenvalue weighted by Gasteiger charge is -2.33. The number of hydrogen-bond donors (Lipinski definition) is 1. The van der Waals surface area contributed by atoms with E-state index in [9.17, 15) is 0 Å². The summed E-state index contributed by atoms with van der Waals surface area (Å²) in [7, 11) is 0. The van der Waals surface area contributed by atoms with Crippen LogP contribution in [-0.2, 0) is 17.8 Å². The molecule has 2 aliphatic rings. The zero-order chi connectivity index (χ0) is 14.9. The molecule has 4 nitrogen and oxygen atoms in total. The number of nitrogen functional groups attached to an aromatic ring is 1. The van der Waals surface area contributed by atoms with E-state index in [1.54, 1.807) is 0 Å². The molecular weight excluding hydrogens is 274 g/mol. The Kier molecular flexibility index (Phi) is 3.39. The molecule has 2 aromatic rings. The summed E-state index contributed by atoms with van der Waals surface area (Å²) in [6.07, 6.45) is 0. The van der Waals surface area contributed by atoms with E-state index >= 15 is 0 Å². The van der Waals surface area contributed by atoms with Crippen LogP contribution in [0.3, 0.4) is 0 Å². The van der Waals surface area contributed by atoms with Gasteiger partial charge in [-0.05, 0) is 35.4 Å². The van der Waals surface area contributed by atoms with Gasteiger partial charge in [0.2, 0.25) is 0 Å². The van der Waals surface area contributed by atoms with Gasteiger partial charge >= 0.3 is 0 Å². The molecule has 2 aromatic carbocycles. The third kappa shape index (κ3) is 2.40. The van der Waals surface area contributed by atoms with E-state index in [4.69, 9.17) is 10.5 Å². The van der Waals surface area contributed by atoms with Gasteiger partial charge in [-0.15, -0.1) is 0 Å². The molecule has 0 aliphatic carbocycles. The van der Waals surface area contributed by atoms with Crippen molar-refractivity contribution in [2.24, 2.45) is 0 Å². The number of morpholine rings is 1. The summed E-state index contributed by atoms with van der Waals surface area (Å²) in [5.74, 6) is 0. The van der Waals surface area contributed by atoms with E-state index < -0.39 is 0 Å². The van der Waals surface area contributed by atoms with Gasteiger partial charge in [-0.25, -0.2) is 0 Å². The molecule has 0 aromatic heterocycles. The van der Waals surface area contributed by atoms with E-state index in [0.29, 0.717) is 0 Å². The Morgan fingerprint density at radius 1 is 0.818 bits per heavy atom. The number of hydrogen-bond acceptors (Lipinski definition) is 4. The Bertz CT molecular complexity index is 680. The van der Waals surface area contributed by atoms with Crippen LogP contribution < -0.4 is 15.5 Å². The molecule has 0 radical (unpaired) electrons. The molecule has 0 bridgehead atoms. The SMILES string of the molecule is Nc1ccc2c(c1)CN(c1ccccc1N1CCOCC1)C2. The number of anilines is 3. The van der Waals surface area contributed by atoms with Crippen molar-refractivity contribution in [3.05, 3.63) is 53.6 Å². The third-order valence-electron chi connectivity index (χ3n) is 4.53. The van der Waals surface area contributed by atoms with Gasteiger partial charge in [-0.3, -0.25) is 0 Å². The lowest BCUT2D eigenvalue weighted by Crippen LogP contribution is -2.37. The van der Waals surface area contributed by atoms with Crippen molar-refractivity contribution in [3.63, 3.8) is 0 Å². The average Bonchev–Trinajstić information content (AvgIpc) is 2.98. The molecule has 4 heteroatoms. The molecule has 0 unspecified atom stereocenters. The van der Waals surface area contributed by atoms with Gasteiger partial charge < -0.3 is 20.3 Å². The predicted octanol–water partition coefficient (Wildman–Crippen LogP) is 2.63. The summed E-state index contributed by atoms with van der Waals surface area (Å²) in [4.78, 5) is 4.87. The maximum absolute atomic E-state index is 5.92. The van der Waals surface area contributed by atoms with E-state index in [0.717, 1.165) is 45.1 Å². The Morgan fingerprint density at radius 3 is 2.27 bits per heavy atom.